The van der Waals surface area contributed by atoms with Gasteiger partial charge in [0.1, 0.15) is 5.75 Å². The maximum atomic E-state index is 13.0. The average Bonchev–Trinajstić information content (AvgIpc) is 3.20. The molecule has 3 aliphatic rings. The number of aliphatic imine (C=N–C) groups is 1. The Morgan fingerprint density at radius 1 is 1.09 bits per heavy atom. The number of urea groups is 1. The van der Waals surface area contributed by atoms with Crippen molar-refractivity contribution in [2.45, 2.75) is 26.3 Å². The van der Waals surface area contributed by atoms with Gasteiger partial charge in [0, 0.05) is 32.9 Å². The zero-order valence-electron chi connectivity index (χ0n) is 19.6. The Bertz CT molecular complexity index is 945. The molecule has 3 amide bonds. The number of amidine groups is 1. The van der Waals surface area contributed by atoms with Crippen LogP contribution in [-0.2, 0) is 4.79 Å². The third kappa shape index (κ3) is 3.91. The molecule has 0 radical (unpaired) electrons. The minimum Gasteiger partial charge on any atom is -0.497 e. The zero-order valence-corrected chi connectivity index (χ0v) is 19.6. The van der Waals surface area contributed by atoms with Gasteiger partial charge in [-0.2, -0.15) is 0 Å². The van der Waals surface area contributed by atoms with Gasteiger partial charge in [-0.1, -0.05) is 18.8 Å². The van der Waals surface area contributed by atoms with Gasteiger partial charge >= 0.3 is 12.0 Å². The molecule has 0 bridgehead atoms. The van der Waals surface area contributed by atoms with Gasteiger partial charge in [-0.25, -0.2) is 9.69 Å². The van der Waals surface area contributed by atoms with Gasteiger partial charge in [0.05, 0.1) is 26.7 Å². The van der Waals surface area contributed by atoms with Gasteiger partial charge in [0.2, 0.25) is 11.9 Å². The summed E-state index contributed by atoms with van der Waals surface area (Å²) in [5.41, 5.74) is 1.17. The molecule has 1 unspecified atom stereocenters. The maximum absolute atomic E-state index is 13.0. The fraction of sp³-hybridized carbons (Fsp3) is 0.565. The van der Waals surface area contributed by atoms with Crippen molar-refractivity contribution < 1.29 is 18.9 Å². The molecule has 1 atom stereocenters. The molecule has 0 saturated carbocycles. The number of methoxy groups -OCH3 is 1. The van der Waals surface area contributed by atoms with Crippen molar-refractivity contribution in [3.05, 3.63) is 24.3 Å². The highest BCUT2D eigenvalue weighted by Crippen LogP contribution is 2.25. The minimum atomic E-state index is -0.531. The van der Waals surface area contributed by atoms with Gasteiger partial charge in [0.15, 0.2) is 0 Å². The molecular formula is C23H33N6O3+. The number of carbonyl (C=O) groups is 2. The standard InChI is InChI=1S/C23H33N6O3/c1-16(2)10-11-29-19-20(25(3)23(31)26(4)21(19)30)24-22(29)28-14-12-27(13-15-28)17-6-8-18(32-5)9-7-17/h6-9,16,19H,10-15H2,1-5H3/q+1. The van der Waals surface area contributed by atoms with E-state index in [2.05, 4.69) is 40.4 Å². The van der Waals surface area contributed by atoms with Crippen LogP contribution in [0.2, 0.25) is 0 Å². The number of imide groups is 1. The van der Waals surface area contributed by atoms with Crippen molar-refractivity contribution in [1.82, 2.24) is 14.7 Å². The van der Waals surface area contributed by atoms with E-state index >= 15 is 0 Å². The van der Waals surface area contributed by atoms with Crippen LogP contribution >= 0.6 is 0 Å². The molecule has 2 saturated heterocycles. The number of carbonyl (C=O) groups excluding carboxylic acids is 2. The molecule has 0 N–H and O–H groups in total. The van der Waals surface area contributed by atoms with Gasteiger partial charge in [-0.15, -0.1) is 0 Å². The predicted molar refractivity (Wildman–Crippen MR) is 124 cm³/mol. The van der Waals surface area contributed by atoms with Gasteiger partial charge < -0.3 is 9.64 Å². The van der Waals surface area contributed by atoms with E-state index in [0.717, 1.165) is 50.9 Å². The molecule has 9 heteroatoms. The molecule has 0 aromatic heterocycles. The highest BCUT2D eigenvalue weighted by Gasteiger charge is 2.55. The molecule has 32 heavy (non-hydrogen) atoms. The number of ether oxygens (including phenoxy) is 1. The van der Waals surface area contributed by atoms with Crippen molar-refractivity contribution in [1.29, 1.82) is 0 Å². The second-order valence-corrected chi connectivity index (χ2v) is 8.96. The molecule has 3 heterocycles. The first-order chi connectivity index (χ1) is 15.3. The number of benzene rings is 1. The second-order valence-electron chi connectivity index (χ2n) is 8.96. The Morgan fingerprint density at radius 3 is 2.34 bits per heavy atom. The van der Waals surface area contributed by atoms with Crippen LogP contribution in [-0.4, -0.2) is 103 Å². The number of fused-ring (bicyclic) bond motifs is 1. The number of piperazine rings is 1. The summed E-state index contributed by atoms with van der Waals surface area (Å²) in [6, 6.07) is 7.25. The van der Waals surface area contributed by atoms with Crippen LogP contribution in [0.5, 0.6) is 5.75 Å². The summed E-state index contributed by atoms with van der Waals surface area (Å²) in [5, 5.41) is 0. The number of hydrogen-bond acceptors (Lipinski definition) is 4. The zero-order chi connectivity index (χ0) is 23.0. The highest BCUT2D eigenvalue weighted by molar-refractivity contribution is 6.25. The predicted octanol–water partition coefficient (Wildman–Crippen LogP) is 1.54. The Morgan fingerprint density at radius 2 is 1.75 bits per heavy atom. The Hall–Kier alpha value is -3.10. The summed E-state index contributed by atoms with van der Waals surface area (Å²) in [6.07, 6.45) is 0.948. The largest absolute Gasteiger partial charge is 0.497 e. The SMILES string of the molecule is COc1ccc(N2CC[N+](=C3N=C4C(C(=O)N(C)C(=O)N4C)N3CCC(C)C)CC2)cc1. The first-order valence-electron chi connectivity index (χ1n) is 11.2. The van der Waals surface area contributed by atoms with Crippen molar-refractivity contribution in [3.8, 4) is 5.75 Å². The summed E-state index contributed by atoms with van der Waals surface area (Å²) < 4.78 is 7.51. The van der Waals surface area contributed by atoms with Crippen LogP contribution in [0.15, 0.2) is 29.3 Å². The topological polar surface area (TPSA) is 71.7 Å². The van der Waals surface area contributed by atoms with Gasteiger partial charge in [0.25, 0.3) is 5.91 Å². The van der Waals surface area contributed by atoms with E-state index < -0.39 is 6.04 Å². The van der Waals surface area contributed by atoms with E-state index in [4.69, 9.17) is 9.73 Å². The van der Waals surface area contributed by atoms with Crippen molar-refractivity contribution in [2.75, 3.05) is 58.8 Å². The van der Waals surface area contributed by atoms with E-state index in [0.29, 0.717) is 11.8 Å². The summed E-state index contributed by atoms with van der Waals surface area (Å²) in [7, 11) is 4.91. The van der Waals surface area contributed by atoms with Crippen molar-refractivity contribution in [3.63, 3.8) is 0 Å². The van der Waals surface area contributed by atoms with Crippen LogP contribution < -0.4 is 9.64 Å². The van der Waals surface area contributed by atoms with Gasteiger partial charge in [-0.05, 0) is 36.6 Å². The lowest BCUT2D eigenvalue weighted by Crippen LogP contribution is -2.63. The maximum Gasteiger partial charge on any atom is 0.392 e. The number of amides is 3. The van der Waals surface area contributed by atoms with Crippen molar-refractivity contribution in [2.24, 2.45) is 10.9 Å². The van der Waals surface area contributed by atoms with Crippen LogP contribution in [0.3, 0.4) is 0 Å². The molecule has 0 aliphatic carbocycles. The number of guanidine groups is 1. The third-order valence-corrected chi connectivity index (χ3v) is 6.46. The number of nitrogens with zero attached hydrogens (tertiary/aromatic N) is 6. The van der Waals surface area contributed by atoms with Crippen LogP contribution in [0.25, 0.3) is 0 Å². The first kappa shape index (κ1) is 22.1. The highest BCUT2D eigenvalue weighted by atomic mass is 16.5. The molecule has 0 spiro atoms. The monoisotopic (exact) mass is 441 g/mol. The average molecular weight is 442 g/mol. The second kappa shape index (κ2) is 8.80. The molecule has 3 aliphatic heterocycles. The van der Waals surface area contributed by atoms with Gasteiger partial charge in [-0.3, -0.25) is 19.2 Å². The fourth-order valence-corrected chi connectivity index (χ4v) is 4.42. The molecule has 172 valence electrons. The lowest BCUT2D eigenvalue weighted by Gasteiger charge is -2.34. The summed E-state index contributed by atoms with van der Waals surface area (Å²) >= 11 is 0. The Kier molecular flexibility index (Phi) is 6.08. The molecule has 9 nitrogen and oxygen atoms in total. The number of likely N-dealkylation sites (N-methyl/N-ethyl adjacent to an activating group) is 2. The van der Waals surface area contributed by atoms with E-state index in [-0.39, 0.29) is 11.9 Å². The summed E-state index contributed by atoms with van der Waals surface area (Å²) in [5.74, 6) is 2.49. The number of hydrogen-bond donors (Lipinski definition) is 0. The fourth-order valence-electron chi connectivity index (χ4n) is 4.42. The molecule has 1 aromatic carbocycles. The number of rotatable bonds is 5. The molecular weight excluding hydrogens is 408 g/mol. The summed E-state index contributed by atoms with van der Waals surface area (Å²) in [4.78, 5) is 37.5. The van der Waals surface area contributed by atoms with E-state index in [1.165, 1.54) is 15.5 Å². The smallest absolute Gasteiger partial charge is 0.392 e. The van der Waals surface area contributed by atoms with Crippen LogP contribution in [0.1, 0.15) is 20.3 Å². The third-order valence-electron chi connectivity index (χ3n) is 6.46. The molecule has 1 aromatic rings. The molecule has 2 fully saturated rings. The lowest BCUT2D eigenvalue weighted by molar-refractivity contribution is -0.535. The van der Waals surface area contributed by atoms with E-state index in [1.54, 1.807) is 21.2 Å². The van der Waals surface area contributed by atoms with E-state index in [1.807, 2.05) is 12.1 Å². The van der Waals surface area contributed by atoms with E-state index in [9.17, 15) is 9.59 Å². The Labute approximate surface area is 189 Å². The minimum absolute atomic E-state index is 0.206. The van der Waals surface area contributed by atoms with Crippen LogP contribution in [0, 0.1) is 5.92 Å². The lowest BCUT2D eigenvalue weighted by atomic mass is 10.1. The normalized spacial score (nSPS) is 21.6. The Balaban J connectivity index is 1.59. The molecule has 4 rings (SSSR count). The first-order valence-corrected chi connectivity index (χ1v) is 11.2. The quantitative estimate of drug-likeness (QED) is 0.648. The number of anilines is 1. The summed E-state index contributed by atoms with van der Waals surface area (Å²) in [6.45, 7) is 8.38. The van der Waals surface area contributed by atoms with Crippen LogP contribution in [0.4, 0.5) is 10.5 Å². The van der Waals surface area contributed by atoms with Crippen molar-refractivity contribution >= 4 is 29.4 Å².